The Labute approximate surface area is 192 Å². The van der Waals surface area contributed by atoms with Crippen LogP contribution in [-0.2, 0) is 14.3 Å². The van der Waals surface area contributed by atoms with Crippen molar-refractivity contribution in [2.75, 3.05) is 56.2 Å². The fraction of sp³-hybridized carbons (Fsp3) is 0.375. The largest absolute Gasteiger partial charge is 0.479 e. The van der Waals surface area contributed by atoms with Crippen molar-refractivity contribution < 1.29 is 23.9 Å². The van der Waals surface area contributed by atoms with E-state index < -0.39 is 6.10 Å². The number of rotatable bonds is 7. The molecule has 3 amide bonds. The summed E-state index contributed by atoms with van der Waals surface area (Å²) in [5.41, 5.74) is 1.63. The summed E-state index contributed by atoms with van der Waals surface area (Å²) in [5, 5.41) is 5.38. The Kier molecular flexibility index (Phi) is 7.21. The number of carbonyl (C=O) groups is 3. The smallest absolute Gasteiger partial charge is 0.267 e. The number of benzene rings is 2. The monoisotopic (exact) mass is 452 g/mol. The van der Waals surface area contributed by atoms with Crippen LogP contribution >= 0.6 is 0 Å². The van der Waals surface area contributed by atoms with Crippen LogP contribution in [0.15, 0.2) is 48.5 Å². The molecule has 2 N–H and O–H groups in total. The van der Waals surface area contributed by atoms with Gasteiger partial charge in [0.25, 0.3) is 11.8 Å². The second-order valence-electron chi connectivity index (χ2n) is 7.98. The van der Waals surface area contributed by atoms with Crippen molar-refractivity contribution in [2.45, 2.75) is 13.0 Å². The van der Waals surface area contributed by atoms with E-state index in [2.05, 4.69) is 15.5 Å². The van der Waals surface area contributed by atoms with Crippen LogP contribution < -0.4 is 20.3 Å². The van der Waals surface area contributed by atoms with Gasteiger partial charge in [-0.15, -0.1) is 0 Å². The van der Waals surface area contributed by atoms with Crippen LogP contribution in [-0.4, -0.2) is 74.7 Å². The zero-order valence-corrected chi connectivity index (χ0v) is 18.6. The van der Waals surface area contributed by atoms with Gasteiger partial charge in [0.1, 0.15) is 5.75 Å². The average Bonchev–Trinajstić information content (AvgIpc) is 2.84. The molecule has 1 saturated heterocycles. The van der Waals surface area contributed by atoms with Crippen LogP contribution in [0.3, 0.4) is 0 Å². The lowest BCUT2D eigenvalue weighted by Gasteiger charge is -2.35. The van der Waals surface area contributed by atoms with E-state index in [1.165, 1.54) is 0 Å². The van der Waals surface area contributed by atoms with Crippen molar-refractivity contribution in [3.8, 4) is 5.75 Å². The van der Waals surface area contributed by atoms with Crippen molar-refractivity contribution in [3.05, 3.63) is 54.1 Å². The maximum atomic E-state index is 12.8. The molecule has 1 unspecified atom stereocenters. The van der Waals surface area contributed by atoms with Crippen LogP contribution in [0.1, 0.15) is 17.3 Å². The molecule has 33 heavy (non-hydrogen) atoms. The highest BCUT2D eigenvalue weighted by molar-refractivity contribution is 6.02. The molecule has 1 fully saturated rings. The van der Waals surface area contributed by atoms with Gasteiger partial charge in [-0.3, -0.25) is 19.3 Å². The van der Waals surface area contributed by atoms with Crippen LogP contribution in [0.4, 0.5) is 11.4 Å². The number of carbonyl (C=O) groups excluding carboxylic acids is 3. The third-order valence-electron chi connectivity index (χ3n) is 5.64. The predicted molar refractivity (Wildman–Crippen MR) is 124 cm³/mol. The number of amides is 3. The number of ether oxygens (including phenoxy) is 2. The highest BCUT2D eigenvalue weighted by atomic mass is 16.5. The number of anilines is 2. The van der Waals surface area contributed by atoms with Crippen molar-refractivity contribution in [1.82, 2.24) is 10.2 Å². The van der Waals surface area contributed by atoms with E-state index in [1.54, 1.807) is 54.3 Å². The van der Waals surface area contributed by atoms with Crippen molar-refractivity contribution in [1.29, 1.82) is 0 Å². The van der Waals surface area contributed by atoms with E-state index in [0.29, 0.717) is 42.4 Å². The highest BCUT2D eigenvalue weighted by Gasteiger charge is 2.32. The molecule has 0 aromatic heterocycles. The summed E-state index contributed by atoms with van der Waals surface area (Å²) in [6.07, 6.45) is -0.573. The molecule has 2 aromatic carbocycles. The Morgan fingerprint density at radius 2 is 1.82 bits per heavy atom. The summed E-state index contributed by atoms with van der Waals surface area (Å²) in [4.78, 5) is 41.3. The molecule has 0 aliphatic carbocycles. The summed E-state index contributed by atoms with van der Waals surface area (Å²) < 4.78 is 11.1. The summed E-state index contributed by atoms with van der Waals surface area (Å²) in [6.45, 7) is 5.88. The zero-order chi connectivity index (χ0) is 23.2. The first-order chi connectivity index (χ1) is 16.0. The van der Waals surface area contributed by atoms with Crippen LogP contribution in [0, 0.1) is 0 Å². The third-order valence-corrected chi connectivity index (χ3v) is 5.64. The topological polar surface area (TPSA) is 100 Å². The molecule has 2 heterocycles. The van der Waals surface area contributed by atoms with Crippen LogP contribution in [0.25, 0.3) is 0 Å². The molecule has 2 aromatic rings. The van der Waals surface area contributed by atoms with E-state index in [9.17, 15) is 14.4 Å². The SMILES string of the molecule is CC1Oc2ccc(NC(=O)CNC(=O)c3ccccc3)cc2N(CCN2CCOCC2)C1=O. The van der Waals surface area contributed by atoms with E-state index in [1.807, 2.05) is 6.07 Å². The van der Waals surface area contributed by atoms with Gasteiger partial charge in [0.05, 0.1) is 25.4 Å². The van der Waals surface area contributed by atoms with E-state index in [4.69, 9.17) is 9.47 Å². The molecule has 9 heteroatoms. The minimum absolute atomic E-state index is 0.116. The highest BCUT2D eigenvalue weighted by Crippen LogP contribution is 2.36. The Morgan fingerprint density at radius 3 is 2.58 bits per heavy atom. The van der Waals surface area contributed by atoms with Gasteiger partial charge in [0.15, 0.2) is 6.10 Å². The lowest BCUT2D eigenvalue weighted by atomic mass is 10.1. The Morgan fingerprint density at radius 1 is 1.06 bits per heavy atom. The molecular weight excluding hydrogens is 424 g/mol. The van der Waals surface area contributed by atoms with Gasteiger partial charge in [-0.2, -0.15) is 0 Å². The minimum atomic E-state index is -0.573. The number of nitrogens with one attached hydrogen (secondary N) is 2. The lowest BCUT2D eigenvalue weighted by molar-refractivity contribution is -0.125. The Balaban J connectivity index is 1.40. The second-order valence-corrected chi connectivity index (χ2v) is 7.98. The van der Waals surface area contributed by atoms with Gasteiger partial charge >= 0.3 is 0 Å². The number of nitrogens with zero attached hydrogens (tertiary/aromatic N) is 2. The molecule has 0 saturated carbocycles. The number of hydrogen-bond acceptors (Lipinski definition) is 6. The van der Waals surface area contributed by atoms with Gasteiger partial charge in [0.2, 0.25) is 5.91 Å². The molecule has 2 aliphatic rings. The maximum absolute atomic E-state index is 12.8. The van der Waals surface area contributed by atoms with E-state index in [-0.39, 0.29) is 24.3 Å². The maximum Gasteiger partial charge on any atom is 0.267 e. The average molecular weight is 453 g/mol. The first kappa shape index (κ1) is 22.8. The molecule has 0 radical (unpaired) electrons. The summed E-state index contributed by atoms with van der Waals surface area (Å²) >= 11 is 0. The summed E-state index contributed by atoms with van der Waals surface area (Å²) in [7, 11) is 0. The van der Waals surface area contributed by atoms with Crippen LogP contribution in [0.2, 0.25) is 0 Å². The van der Waals surface area contributed by atoms with Crippen molar-refractivity contribution in [3.63, 3.8) is 0 Å². The summed E-state index contributed by atoms with van der Waals surface area (Å²) in [5.74, 6) is -0.206. The zero-order valence-electron chi connectivity index (χ0n) is 18.6. The van der Waals surface area contributed by atoms with Crippen LogP contribution in [0.5, 0.6) is 5.75 Å². The number of hydrogen-bond donors (Lipinski definition) is 2. The minimum Gasteiger partial charge on any atom is -0.479 e. The van der Waals surface area contributed by atoms with Gasteiger partial charge in [-0.05, 0) is 37.3 Å². The molecule has 4 rings (SSSR count). The lowest BCUT2D eigenvalue weighted by Crippen LogP contribution is -2.48. The Hall–Kier alpha value is -3.43. The van der Waals surface area contributed by atoms with E-state index >= 15 is 0 Å². The van der Waals surface area contributed by atoms with Crippen molar-refractivity contribution >= 4 is 29.1 Å². The number of fused-ring (bicyclic) bond motifs is 1. The molecule has 1 atom stereocenters. The Bertz CT molecular complexity index is 1010. The first-order valence-electron chi connectivity index (χ1n) is 11.1. The fourth-order valence-electron chi connectivity index (χ4n) is 3.84. The summed E-state index contributed by atoms with van der Waals surface area (Å²) in [6, 6.07) is 13.9. The molecule has 0 bridgehead atoms. The molecule has 174 valence electrons. The normalized spacial score (nSPS) is 18.3. The van der Waals surface area contributed by atoms with Gasteiger partial charge in [-0.25, -0.2) is 0 Å². The van der Waals surface area contributed by atoms with Gasteiger partial charge in [0, 0.05) is 37.4 Å². The standard InChI is InChI=1S/C24H28N4O5/c1-17-24(31)28(10-9-27-11-13-32-14-12-27)20-15-19(7-8-21(20)33-17)26-22(29)16-25-23(30)18-5-3-2-4-6-18/h2-8,15,17H,9-14,16H2,1H3,(H,25,30)(H,26,29). The molecule has 2 aliphatic heterocycles. The number of morpholine rings is 1. The third kappa shape index (κ3) is 5.68. The second kappa shape index (κ2) is 10.5. The first-order valence-corrected chi connectivity index (χ1v) is 11.1. The fourth-order valence-corrected chi connectivity index (χ4v) is 3.84. The quantitative estimate of drug-likeness (QED) is 0.661. The van der Waals surface area contributed by atoms with Gasteiger partial charge < -0.3 is 25.0 Å². The van der Waals surface area contributed by atoms with Gasteiger partial charge in [-0.1, -0.05) is 18.2 Å². The predicted octanol–water partition coefficient (Wildman–Crippen LogP) is 1.50. The molecule has 0 spiro atoms. The van der Waals surface area contributed by atoms with E-state index in [0.717, 1.165) is 19.6 Å². The molecular formula is C24H28N4O5. The molecule has 9 nitrogen and oxygen atoms in total. The van der Waals surface area contributed by atoms with Crippen molar-refractivity contribution in [2.24, 2.45) is 0 Å².